The molecule has 3 atom stereocenters. The summed E-state index contributed by atoms with van der Waals surface area (Å²) in [6, 6.07) is 0. The van der Waals surface area contributed by atoms with Gasteiger partial charge < -0.3 is 4.74 Å². The Morgan fingerprint density at radius 2 is 2.19 bits per heavy atom. The molecule has 0 saturated heterocycles. The minimum absolute atomic E-state index is 0.00295. The third-order valence-corrected chi connectivity index (χ3v) is 4.09. The Hall–Kier alpha value is -1.12. The molecule has 0 aliphatic heterocycles. The second-order valence-corrected chi connectivity index (χ2v) is 5.70. The van der Waals surface area contributed by atoms with Crippen LogP contribution in [0.5, 0.6) is 0 Å². The molecule has 2 aliphatic carbocycles. The molecule has 16 heavy (non-hydrogen) atoms. The highest BCUT2D eigenvalue weighted by Gasteiger charge is 2.75. The van der Waals surface area contributed by atoms with Crippen LogP contribution in [0.3, 0.4) is 0 Å². The summed E-state index contributed by atoms with van der Waals surface area (Å²) in [5.41, 5.74) is -0.886. The summed E-state index contributed by atoms with van der Waals surface area (Å²) in [7, 11) is 1.35. The van der Waals surface area contributed by atoms with Crippen LogP contribution < -0.4 is 0 Å². The fourth-order valence-electron chi connectivity index (χ4n) is 3.34. The molecule has 0 bridgehead atoms. The van der Waals surface area contributed by atoms with Gasteiger partial charge in [0.2, 0.25) is 0 Å². The van der Waals surface area contributed by atoms with Crippen molar-refractivity contribution in [1.29, 1.82) is 0 Å². The largest absolute Gasteiger partial charge is 0.468 e. The standard InChI is InChI=1S/C13H18O3/c1-5-8-9-6-12(2,3)7-10(14)13(8,9)11(15)16-4/h5,8-9H,1,6-7H2,2-4H3/t8?,9-,13-/m0/s1. The number of ether oxygens (including phenoxy) is 1. The van der Waals surface area contributed by atoms with Crippen molar-refractivity contribution in [3.63, 3.8) is 0 Å². The minimum atomic E-state index is -0.883. The number of fused-ring (bicyclic) bond motifs is 1. The topological polar surface area (TPSA) is 43.4 Å². The van der Waals surface area contributed by atoms with Crippen molar-refractivity contribution >= 4 is 11.8 Å². The Morgan fingerprint density at radius 1 is 1.56 bits per heavy atom. The Bertz CT molecular complexity index is 369. The number of rotatable bonds is 2. The molecule has 3 nitrogen and oxygen atoms in total. The van der Waals surface area contributed by atoms with E-state index in [1.54, 1.807) is 6.08 Å². The molecule has 0 aromatic carbocycles. The second kappa shape index (κ2) is 3.19. The normalized spacial score (nSPS) is 39.8. The molecule has 0 aromatic rings. The number of esters is 1. The molecule has 0 N–H and O–H groups in total. The molecule has 1 unspecified atom stereocenters. The Balaban J connectivity index is 2.36. The van der Waals surface area contributed by atoms with E-state index in [1.165, 1.54) is 7.11 Å². The number of Topliss-reactive ketones (excluding diaryl/α,β-unsaturated/α-hetero) is 1. The minimum Gasteiger partial charge on any atom is -0.468 e. The Labute approximate surface area is 95.9 Å². The average Bonchev–Trinajstić information content (AvgIpc) is 2.83. The van der Waals surface area contributed by atoms with E-state index in [0.717, 1.165) is 6.42 Å². The molecule has 0 amide bonds. The SMILES string of the molecule is C=CC1[C@@H]2CC(C)(C)CC(=O)[C@]12C(=O)OC. The lowest BCUT2D eigenvalue weighted by molar-refractivity contribution is -0.154. The van der Waals surface area contributed by atoms with E-state index in [1.807, 2.05) is 0 Å². The van der Waals surface area contributed by atoms with Gasteiger partial charge in [0.15, 0.2) is 5.78 Å². The van der Waals surface area contributed by atoms with Crippen molar-refractivity contribution in [2.75, 3.05) is 7.11 Å². The van der Waals surface area contributed by atoms with Crippen LogP contribution in [0.2, 0.25) is 0 Å². The van der Waals surface area contributed by atoms with E-state index in [4.69, 9.17) is 4.74 Å². The van der Waals surface area contributed by atoms with Crippen LogP contribution in [0.4, 0.5) is 0 Å². The van der Waals surface area contributed by atoms with Gasteiger partial charge in [0.05, 0.1) is 7.11 Å². The van der Waals surface area contributed by atoms with Crippen LogP contribution >= 0.6 is 0 Å². The maximum Gasteiger partial charge on any atom is 0.320 e. The average molecular weight is 222 g/mol. The molecule has 88 valence electrons. The third kappa shape index (κ3) is 1.20. The molecule has 2 saturated carbocycles. The predicted octanol–water partition coefficient (Wildman–Crippen LogP) is 1.97. The van der Waals surface area contributed by atoms with Crippen LogP contribution in [-0.2, 0) is 14.3 Å². The maximum absolute atomic E-state index is 12.2. The molecule has 2 rings (SSSR count). The smallest absolute Gasteiger partial charge is 0.320 e. The first-order valence-corrected chi connectivity index (χ1v) is 5.64. The van der Waals surface area contributed by atoms with Gasteiger partial charge >= 0.3 is 5.97 Å². The molecule has 3 heteroatoms. The zero-order chi connectivity index (χ0) is 12.1. The van der Waals surface area contributed by atoms with Crippen LogP contribution in [0.15, 0.2) is 12.7 Å². The molecular formula is C13H18O3. The number of ketones is 1. The number of carbonyl (C=O) groups excluding carboxylic acids is 2. The zero-order valence-electron chi connectivity index (χ0n) is 10.1. The maximum atomic E-state index is 12.2. The summed E-state index contributed by atoms with van der Waals surface area (Å²) in [5.74, 6) is -0.253. The Morgan fingerprint density at radius 3 is 2.69 bits per heavy atom. The summed E-state index contributed by atoms with van der Waals surface area (Å²) in [6.45, 7) is 7.88. The van der Waals surface area contributed by atoms with E-state index in [9.17, 15) is 9.59 Å². The summed E-state index contributed by atoms with van der Waals surface area (Å²) in [4.78, 5) is 24.0. The van der Waals surface area contributed by atoms with E-state index in [2.05, 4.69) is 20.4 Å². The first-order chi connectivity index (χ1) is 7.40. The van der Waals surface area contributed by atoms with Crippen molar-refractivity contribution in [2.24, 2.45) is 22.7 Å². The molecule has 2 aliphatic rings. The fraction of sp³-hybridized carbons (Fsp3) is 0.692. The first kappa shape index (κ1) is 11.4. The van der Waals surface area contributed by atoms with E-state index in [0.29, 0.717) is 6.42 Å². The molecule has 0 spiro atoms. The summed E-state index contributed by atoms with van der Waals surface area (Å²) >= 11 is 0. The molecule has 0 radical (unpaired) electrons. The van der Waals surface area contributed by atoms with E-state index in [-0.39, 0.29) is 29.0 Å². The predicted molar refractivity (Wildman–Crippen MR) is 59.6 cm³/mol. The third-order valence-electron chi connectivity index (χ3n) is 4.09. The first-order valence-electron chi connectivity index (χ1n) is 5.64. The Kier molecular flexibility index (Phi) is 2.26. The van der Waals surface area contributed by atoms with Crippen LogP contribution in [0.1, 0.15) is 26.7 Å². The molecule has 0 heterocycles. The van der Waals surface area contributed by atoms with Gasteiger partial charge in [0.25, 0.3) is 0 Å². The number of hydrogen-bond donors (Lipinski definition) is 0. The molecule has 0 aromatic heterocycles. The van der Waals surface area contributed by atoms with Crippen molar-refractivity contribution < 1.29 is 14.3 Å². The monoisotopic (exact) mass is 222 g/mol. The van der Waals surface area contributed by atoms with Gasteiger partial charge in [0.1, 0.15) is 5.41 Å². The quantitative estimate of drug-likeness (QED) is 0.407. The van der Waals surface area contributed by atoms with Crippen LogP contribution in [-0.4, -0.2) is 18.9 Å². The molecular weight excluding hydrogens is 204 g/mol. The van der Waals surface area contributed by atoms with Gasteiger partial charge in [-0.1, -0.05) is 19.9 Å². The van der Waals surface area contributed by atoms with Crippen molar-refractivity contribution in [3.05, 3.63) is 12.7 Å². The molecule has 2 fully saturated rings. The van der Waals surface area contributed by atoms with Gasteiger partial charge in [-0.2, -0.15) is 0 Å². The summed E-state index contributed by atoms with van der Waals surface area (Å²) in [5, 5.41) is 0. The van der Waals surface area contributed by atoms with Crippen LogP contribution in [0, 0.1) is 22.7 Å². The van der Waals surface area contributed by atoms with Gasteiger partial charge in [-0.15, -0.1) is 6.58 Å². The van der Waals surface area contributed by atoms with Crippen molar-refractivity contribution in [1.82, 2.24) is 0 Å². The lowest BCUT2D eigenvalue weighted by atomic mass is 9.72. The number of hydrogen-bond acceptors (Lipinski definition) is 3. The number of allylic oxidation sites excluding steroid dienone is 1. The fourth-order valence-corrected chi connectivity index (χ4v) is 3.34. The second-order valence-electron chi connectivity index (χ2n) is 5.70. The van der Waals surface area contributed by atoms with Crippen LogP contribution in [0.25, 0.3) is 0 Å². The van der Waals surface area contributed by atoms with E-state index >= 15 is 0 Å². The van der Waals surface area contributed by atoms with Gasteiger partial charge in [-0.05, 0) is 17.8 Å². The van der Waals surface area contributed by atoms with Crippen molar-refractivity contribution in [3.8, 4) is 0 Å². The van der Waals surface area contributed by atoms with Gasteiger partial charge in [-0.3, -0.25) is 9.59 Å². The number of carbonyl (C=O) groups is 2. The van der Waals surface area contributed by atoms with Gasteiger partial charge in [-0.25, -0.2) is 0 Å². The highest BCUT2D eigenvalue weighted by Crippen LogP contribution is 2.68. The lowest BCUT2D eigenvalue weighted by Gasteiger charge is -2.31. The highest BCUT2D eigenvalue weighted by molar-refractivity contribution is 6.09. The summed E-state index contributed by atoms with van der Waals surface area (Å²) in [6.07, 6.45) is 3.09. The van der Waals surface area contributed by atoms with E-state index < -0.39 is 5.41 Å². The lowest BCUT2D eigenvalue weighted by Crippen LogP contribution is -2.38. The number of methoxy groups -OCH3 is 1. The van der Waals surface area contributed by atoms with Gasteiger partial charge in [0, 0.05) is 12.3 Å². The zero-order valence-corrected chi connectivity index (χ0v) is 10.1. The summed E-state index contributed by atoms with van der Waals surface area (Å²) < 4.78 is 4.80. The highest BCUT2D eigenvalue weighted by atomic mass is 16.5. The van der Waals surface area contributed by atoms with Crippen molar-refractivity contribution in [2.45, 2.75) is 26.7 Å².